The van der Waals surface area contributed by atoms with Gasteiger partial charge in [-0.15, -0.1) is 0 Å². The lowest BCUT2D eigenvalue weighted by molar-refractivity contribution is -0.606. The van der Waals surface area contributed by atoms with Crippen LogP contribution in [0.25, 0.3) is 0 Å². The van der Waals surface area contributed by atoms with Crippen LogP contribution >= 0.6 is 0 Å². The van der Waals surface area contributed by atoms with Crippen molar-refractivity contribution in [1.82, 2.24) is 4.90 Å². The van der Waals surface area contributed by atoms with Crippen molar-refractivity contribution in [3.8, 4) is 0 Å². The summed E-state index contributed by atoms with van der Waals surface area (Å²) < 4.78 is 30.6. The van der Waals surface area contributed by atoms with E-state index in [2.05, 4.69) is 0 Å². The molecule has 0 bridgehead atoms. The molecule has 0 unspecified atom stereocenters. The highest BCUT2D eigenvalue weighted by molar-refractivity contribution is 5.12. The molecule has 3 nitrogen and oxygen atoms in total. The minimum Gasteiger partial charge on any atom is -0.619 e. The summed E-state index contributed by atoms with van der Waals surface area (Å²) >= 11 is 0. The van der Waals surface area contributed by atoms with E-state index in [0.29, 0.717) is 0 Å². The number of pyridine rings is 1. The summed E-state index contributed by atoms with van der Waals surface area (Å²) in [6.07, 6.45) is 0.749. The highest BCUT2D eigenvalue weighted by Gasteiger charge is 2.23. The van der Waals surface area contributed by atoms with Gasteiger partial charge in [-0.2, -0.15) is 4.73 Å². The summed E-state index contributed by atoms with van der Waals surface area (Å²) in [4.78, 5) is 1.98. The van der Waals surface area contributed by atoms with Crippen molar-refractivity contribution >= 4 is 0 Å². The SMILES string of the molecule is [2H]c1c([2H])c([2H])[n+]([O-])c([2H])c1[C@@H]1CCCN1C. The summed E-state index contributed by atoms with van der Waals surface area (Å²) in [5.74, 6) is 0. The Kier molecular flexibility index (Phi) is 1.27. The minimum atomic E-state index is -0.621. The number of hydrogen-bond acceptors (Lipinski definition) is 2. The molecule has 70 valence electrons. The molecule has 0 saturated carbocycles. The molecular weight excluding hydrogens is 164 g/mol. The molecule has 1 aromatic heterocycles. The van der Waals surface area contributed by atoms with Crippen LogP contribution in [0.5, 0.6) is 0 Å². The third-order valence-corrected chi connectivity index (χ3v) is 2.43. The Balaban J connectivity index is 2.61. The van der Waals surface area contributed by atoms with Gasteiger partial charge in [-0.05, 0) is 32.5 Å². The zero-order valence-corrected chi connectivity index (χ0v) is 7.50. The van der Waals surface area contributed by atoms with Crippen LogP contribution in [0.15, 0.2) is 24.4 Å². The van der Waals surface area contributed by atoms with E-state index < -0.39 is 12.2 Å². The first kappa shape index (κ1) is 4.96. The van der Waals surface area contributed by atoms with Gasteiger partial charge in [-0.1, -0.05) is 0 Å². The van der Waals surface area contributed by atoms with Crippen LogP contribution in [0.3, 0.4) is 0 Å². The third-order valence-electron chi connectivity index (χ3n) is 2.43. The van der Waals surface area contributed by atoms with E-state index in [0.717, 1.165) is 19.4 Å². The summed E-state index contributed by atoms with van der Waals surface area (Å²) in [6, 6.07) is -0.711. The second-order valence-electron chi connectivity index (χ2n) is 3.32. The molecule has 1 fully saturated rings. The van der Waals surface area contributed by atoms with Crippen LogP contribution < -0.4 is 4.73 Å². The summed E-state index contributed by atoms with van der Waals surface area (Å²) in [6.45, 7) is 0.859. The molecular formula is C10H14N2O. The standard InChI is InChI=1S/C10H14N2O/c1-11-6-3-5-10(11)9-4-2-7-12(13)8-9/h2,4,7-8,10H,3,5-6H2,1H3/t10-/m0/s1/i2D,4D,7D,8D. The number of nitrogens with zero attached hydrogens (tertiary/aromatic N) is 2. The number of rotatable bonds is 1. The van der Waals surface area contributed by atoms with Gasteiger partial charge in [0.25, 0.3) is 0 Å². The average molecular weight is 182 g/mol. The van der Waals surface area contributed by atoms with Gasteiger partial charge in [0.05, 0.1) is 2.74 Å². The van der Waals surface area contributed by atoms with E-state index >= 15 is 0 Å². The van der Waals surface area contributed by atoms with Crippen molar-refractivity contribution in [2.24, 2.45) is 0 Å². The average Bonchev–Trinajstić information content (AvgIpc) is 2.71. The molecule has 1 saturated heterocycles. The van der Waals surface area contributed by atoms with Crippen molar-refractivity contribution in [2.75, 3.05) is 13.6 Å². The van der Waals surface area contributed by atoms with Crippen molar-refractivity contribution < 1.29 is 10.2 Å². The number of hydrogen-bond donors (Lipinski definition) is 0. The predicted molar refractivity (Wildman–Crippen MR) is 50.0 cm³/mol. The molecule has 2 rings (SSSR count). The first-order chi connectivity index (χ1) is 7.95. The van der Waals surface area contributed by atoms with E-state index in [1.165, 1.54) is 0 Å². The van der Waals surface area contributed by atoms with Crippen LogP contribution in [0.2, 0.25) is 0 Å². The Labute approximate surface area is 83.8 Å². The Hall–Kier alpha value is -1.09. The highest BCUT2D eigenvalue weighted by atomic mass is 16.5. The van der Waals surface area contributed by atoms with Gasteiger partial charge in [-0.25, -0.2) is 0 Å². The molecule has 0 radical (unpaired) electrons. The second kappa shape index (κ2) is 3.34. The van der Waals surface area contributed by atoms with Crippen LogP contribution in [-0.4, -0.2) is 18.5 Å². The molecule has 0 aliphatic carbocycles. The molecule has 0 aromatic carbocycles. The Morgan fingerprint density at radius 2 is 2.62 bits per heavy atom. The van der Waals surface area contributed by atoms with Crippen molar-refractivity contribution in [3.63, 3.8) is 0 Å². The molecule has 2 heterocycles. The Morgan fingerprint density at radius 1 is 1.77 bits per heavy atom. The van der Waals surface area contributed by atoms with Gasteiger partial charge in [-0.3, -0.25) is 4.90 Å². The van der Waals surface area contributed by atoms with Crippen molar-refractivity contribution in [1.29, 1.82) is 0 Å². The first-order valence-electron chi connectivity index (χ1n) is 6.35. The Bertz CT molecular complexity index is 437. The molecule has 0 amide bonds. The topological polar surface area (TPSA) is 30.2 Å². The zero-order valence-electron chi connectivity index (χ0n) is 11.5. The predicted octanol–water partition coefficient (Wildman–Crippen LogP) is 1.09. The minimum absolute atomic E-state index is 0.127. The van der Waals surface area contributed by atoms with E-state index in [4.69, 9.17) is 5.48 Å². The van der Waals surface area contributed by atoms with Crippen LogP contribution in [-0.2, 0) is 0 Å². The molecule has 1 aliphatic heterocycles. The molecule has 1 atom stereocenters. The lowest BCUT2D eigenvalue weighted by atomic mass is 10.1. The van der Waals surface area contributed by atoms with Crippen LogP contribution in [0, 0.1) is 5.21 Å². The number of likely N-dealkylation sites (tertiary alicyclic amines) is 1. The van der Waals surface area contributed by atoms with E-state index in [1.54, 1.807) is 0 Å². The molecule has 13 heavy (non-hydrogen) atoms. The lowest BCUT2D eigenvalue weighted by Crippen LogP contribution is -2.27. The zero-order chi connectivity index (χ0) is 12.7. The molecule has 0 N–H and O–H groups in total. The fraction of sp³-hybridized carbons (Fsp3) is 0.500. The second-order valence-corrected chi connectivity index (χ2v) is 3.32. The van der Waals surface area contributed by atoms with Crippen LogP contribution in [0.1, 0.15) is 29.9 Å². The van der Waals surface area contributed by atoms with Crippen LogP contribution in [0.4, 0.5) is 0 Å². The summed E-state index contributed by atoms with van der Waals surface area (Å²) in [5.41, 5.74) is 0.279. The molecule has 1 aliphatic rings. The fourth-order valence-electron chi connectivity index (χ4n) is 1.74. The van der Waals surface area contributed by atoms with Crippen molar-refractivity contribution in [3.05, 3.63) is 35.2 Å². The van der Waals surface area contributed by atoms with Gasteiger partial charge in [0.2, 0.25) is 0 Å². The highest BCUT2D eigenvalue weighted by Crippen LogP contribution is 2.28. The normalized spacial score (nSPS) is 27.9. The number of aromatic nitrogens is 1. The maximum atomic E-state index is 11.5. The van der Waals surface area contributed by atoms with E-state index in [-0.39, 0.29) is 28.6 Å². The summed E-state index contributed by atoms with van der Waals surface area (Å²) in [5, 5.41) is 11.5. The first-order valence-corrected chi connectivity index (χ1v) is 4.35. The van der Waals surface area contributed by atoms with Gasteiger partial charge in [0.15, 0.2) is 12.3 Å². The molecule has 3 heteroatoms. The van der Waals surface area contributed by atoms with Gasteiger partial charge >= 0.3 is 0 Å². The Morgan fingerprint density at radius 3 is 3.31 bits per heavy atom. The van der Waals surface area contributed by atoms with E-state index in [9.17, 15) is 5.21 Å². The molecule has 0 spiro atoms. The van der Waals surface area contributed by atoms with Gasteiger partial charge in [0.1, 0.15) is 2.74 Å². The van der Waals surface area contributed by atoms with Crippen molar-refractivity contribution in [2.45, 2.75) is 18.9 Å². The van der Waals surface area contributed by atoms with E-state index in [1.807, 2.05) is 11.9 Å². The largest absolute Gasteiger partial charge is 0.619 e. The third kappa shape index (κ3) is 1.65. The summed E-state index contributed by atoms with van der Waals surface area (Å²) in [7, 11) is 1.88. The smallest absolute Gasteiger partial charge is 0.185 e. The lowest BCUT2D eigenvalue weighted by Gasteiger charge is -2.18. The maximum absolute atomic E-state index is 11.5. The maximum Gasteiger partial charge on any atom is 0.185 e. The fourth-order valence-corrected chi connectivity index (χ4v) is 1.74. The van der Waals surface area contributed by atoms with Gasteiger partial charge < -0.3 is 5.21 Å². The quantitative estimate of drug-likeness (QED) is 0.480. The van der Waals surface area contributed by atoms with Gasteiger partial charge in [0, 0.05) is 17.6 Å². The molecule has 1 aromatic rings. The monoisotopic (exact) mass is 182 g/mol.